The van der Waals surface area contributed by atoms with E-state index in [4.69, 9.17) is 4.74 Å². The third-order valence-corrected chi connectivity index (χ3v) is 4.57. The predicted molar refractivity (Wildman–Crippen MR) is 88.6 cm³/mol. The second kappa shape index (κ2) is 5.48. The predicted octanol–water partition coefficient (Wildman–Crippen LogP) is 4.68. The van der Waals surface area contributed by atoms with Crippen molar-refractivity contribution in [2.45, 2.75) is 38.2 Å². The van der Waals surface area contributed by atoms with Crippen molar-refractivity contribution in [3.05, 3.63) is 53.3 Å². The number of carbonyl (C=O) groups is 1. The van der Waals surface area contributed by atoms with Crippen LogP contribution in [0, 0.1) is 0 Å². The van der Waals surface area contributed by atoms with E-state index in [2.05, 4.69) is 24.3 Å². The molecule has 3 aliphatic rings. The summed E-state index contributed by atoms with van der Waals surface area (Å²) in [6, 6.07) is 4.26. The normalized spacial score (nSPS) is 19.2. The third-order valence-electron chi connectivity index (χ3n) is 4.57. The number of fused-ring (bicyclic) bond motifs is 2. The van der Waals surface area contributed by atoms with E-state index in [1.165, 1.54) is 11.1 Å². The first-order chi connectivity index (χ1) is 10.8. The lowest BCUT2D eigenvalue weighted by Gasteiger charge is -2.22. The minimum absolute atomic E-state index is 0.0802. The third kappa shape index (κ3) is 2.37. The van der Waals surface area contributed by atoms with Crippen LogP contribution in [0.5, 0.6) is 0 Å². The lowest BCUT2D eigenvalue weighted by molar-refractivity contribution is 0.110. The smallest absolute Gasteiger partial charge is 0.418 e. The van der Waals surface area contributed by atoms with Crippen LogP contribution in [0.15, 0.2) is 36.6 Å². The minimum atomic E-state index is -0.265. The van der Waals surface area contributed by atoms with Gasteiger partial charge in [0.1, 0.15) is 6.10 Å². The van der Waals surface area contributed by atoms with Crippen LogP contribution in [0.1, 0.15) is 42.4 Å². The Morgan fingerprint density at radius 1 is 1.09 bits per heavy atom. The van der Waals surface area contributed by atoms with Gasteiger partial charge in [-0.15, -0.1) is 0 Å². The van der Waals surface area contributed by atoms with Crippen LogP contribution in [0.3, 0.4) is 0 Å². The number of amides is 1. The van der Waals surface area contributed by atoms with Crippen molar-refractivity contribution in [1.29, 1.82) is 0 Å². The molecular weight excluding hydrogens is 274 g/mol. The fourth-order valence-electron chi connectivity index (χ4n) is 3.39. The molecule has 0 spiro atoms. The molecule has 3 nitrogen and oxygen atoms in total. The average Bonchev–Trinajstić information content (AvgIpc) is 3.13. The maximum Gasteiger partial charge on any atom is 0.418 e. The average molecular weight is 293 g/mol. The van der Waals surface area contributed by atoms with Gasteiger partial charge in [-0.05, 0) is 67.0 Å². The number of ether oxygens (including phenoxy) is 1. The van der Waals surface area contributed by atoms with Crippen LogP contribution >= 0.6 is 0 Å². The first kappa shape index (κ1) is 13.4. The van der Waals surface area contributed by atoms with Crippen molar-refractivity contribution >= 4 is 23.9 Å². The number of anilines is 1. The molecule has 1 aromatic rings. The van der Waals surface area contributed by atoms with Gasteiger partial charge in [-0.1, -0.05) is 24.3 Å². The van der Waals surface area contributed by atoms with Gasteiger partial charge < -0.3 is 4.74 Å². The summed E-state index contributed by atoms with van der Waals surface area (Å²) < 4.78 is 5.67. The first-order valence-electron chi connectivity index (χ1n) is 7.99. The lowest BCUT2D eigenvalue weighted by Crippen LogP contribution is -2.29. The molecule has 1 aromatic carbocycles. The molecular formula is C19H19NO2. The summed E-state index contributed by atoms with van der Waals surface area (Å²) in [7, 11) is 0. The van der Waals surface area contributed by atoms with E-state index < -0.39 is 0 Å². The molecule has 1 amide bonds. The van der Waals surface area contributed by atoms with Gasteiger partial charge in [-0.25, -0.2) is 4.79 Å². The molecule has 1 aliphatic heterocycles. The molecule has 0 unspecified atom stereocenters. The van der Waals surface area contributed by atoms with Crippen molar-refractivity contribution in [3.63, 3.8) is 0 Å². The summed E-state index contributed by atoms with van der Waals surface area (Å²) in [5, 5.41) is 0. The Bertz CT molecular complexity index is 694. The van der Waals surface area contributed by atoms with Gasteiger partial charge >= 0.3 is 6.09 Å². The van der Waals surface area contributed by atoms with Crippen LogP contribution in [0.4, 0.5) is 10.5 Å². The Balaban J connectivity index is 1.65. The molecule has 2 aliphatic carbocycles. The van der Waals surface area contributed by atoms with Crippen molar-refractivity contribution in [3.8, 4) is 0 Å². The van der Waals surface area contributed by atoms with Crippen molar-refractivity contribution < 1.29 is 9.53 Å². The maximum atomic E-state index is 12.6. The van der Waals surface area contributed by atoms with Gasteiger partial charge in [0.2, 0.25) is 0 Å². The van der Waals surface area contributed by atoms with Gasteiger partial charge in [0, 0.05) is 6.20 Å². The number of allylic oxidation sites excluding steroid dienone is 3. The SMILES string of the molecule is O=C(OC1CCCC1)N1C=CC=Cc2cc3c(cc21)CC=C3. The highest BCUT2D eigenvalue weighted by molar-refractivity contribution is 5.94. The highest BCUT2D eigenvalue weighted by Gasteiger charge is 2.25. The zero-order chi connectivity index (χ0) is 14.9. The number of rotatable bonds is 1. The topological polar surface area (TPSA) is 29.5 Å². The summed E-state index contributed by atoms with van der Waals surface area (Å²) in [6.07, 6.45) is 17.0. The monoisotopic (exact) mass is 293 g/mol. The number of benzene rings is 1. The van der Waals surface area contributed by atoms with E-state index in [-0.39, 0.29) is 12.2 Å². The Kier molecular flexibility index (Phi) is 3.34. The number of nitrogens with zero attached hydrogens (tertiary/aromatic N) is 1. The molecule has 1 saturated carbocycles. The highest BCUT2D eigenvalue weighted by atomic mass is 16.6. The van der Waals surface area contributed by atoms with Gasteiger partial charge in [0.15, 0.2) is 0 Å². The fraction of sp³-hybridized carbons (Fsp3) is 0.316. The molecule has 0 atom stereocenters. The molecule has 0 aromatic heterocycles. The maximum absolute atomic E-state index is 12.6. The summed E-state index contributed by atoms with van der Waals surface area (Å²) in [4.78, 5) is 14.2. The fourth-order valence-corrected chi connectivity index (χ4v) is 3.39. The second-order valence-electron chi connectivity index (χ2n) is 6.08. The van der Waals surface area contributed by atoms with E-state index in [1.807, 2.05) is 18.2 Å². The van der Waals surface area contributed by atoms with Crippen molar-refractivity contribution in [1.82, 2.24) is 0 Å². The summed E-state index contributed by atoms with van der Waals surface area (Å²) in [6.45, 7) is 0. The lowest BCUT2D eigenvalue weighted by atomic mass is 10.0. The minimum Gasteiger partial charge on any atom is -0.446 e. The quantitative estimate of drug-likeness (QED) is 0.752. The molecule has 1 fully saturated rings. The zero-order valence-corrected chi connectivity index (χ0v) is 12.5. The molecule has 4 rings (SSSR count). The molecule has 22 heavy (non-hydrogen) atoms. The number of hydrogen-bond acceptors (Lipinski definition) is 2. The van der Waals surface area contributed by atoms with Crippen LogP contribution in [-0.4, -0.2) is 12.2 Å². The van der Waals surface area contributed by atoms with Crippen LogP contribution in [-0.2, 0) is 11.2 Å². The molecule has 0 bridgehead atoms. The molecule has 0 radical (unpaired) electrons. The van der Waals surface area contributed by atoms with Crippen molar-refractivity contribution in [2.75, 3.05) is 4.90 Å². The van der Waals surface area contributed by atoms with Gasteiger partial charge in [-0.3, -0.25) is 4.90 Å². The Morgan fingerprint density at radius 2 is 1.95 bits per heavy atom. The van der Waals surface area contributed by atoms with E-state index in [0.717, 1.165) is 43.4 Å². The largest absolute Gasteiger partial charge is 0.446 e. The van der Waals surface area contributed by atoms with E-state index in [1.54, 1.807) is 11.1 Å². The highest BCUT2D eigenvalue weighted by Crippen LogP contribution is 2.33. The molecule has 3 heteroatoms. The van der Waals surface area contributed by atoms with Crippen molar-refractivity contribution in [2.24, 2.45) is 0 Å². The summed E-state index contributed by atoms with van der Waals surface area (Å²) in [5.74, 6) is 0. The standard InChI is InChI=1S/C19H19NO2/c21-19(22-17-9-1-2-10-17)20-11-4-3-6-16-12-14-7-5-8-15(14)13-18(16)20/h3-7,11-13,17H,1-2,8-10H2. The van der Waals surface area contributed by atoms with Crippen LogP contribution in [0.2, 0.25) is 0 Å². The van der Waals surface area contributed by atoms with Crippen LogP contribution in [0.25, 0.3) is 12.2 Å². The Morgan fingerprint density at radius 3 is 2.82 bits per heavy atom. The van der Waals surface area contributed by atoms with Gasteiger partial charge in [0.05, 0.1) is 5.69 Å². The number of hydrogen-bond donors (Lipinski definition) is 0. The molecule has 0 saturated heterocycles. The molecule has 112 valence electrons. The van der Waals surface area contributed by atoms with Gasteiger partial charge in [0.25, 0.3) is 0 Å². The second-order valence-corrected chi connectivity index (χ2v) is 6.08. The van der Waals surface area contributed by atoms with Gasteiger partial charge in [-0.2, -0.15) is 0 Å². The van der Waals surface area contributed by atoms with E-state index in [0.29, 0.717) is 0 Å². The summed E-state index contributed by atoms with van der Waals surface area (Å²) >= 11 is 0. The summed E-state index contributed by atoms with van der Waals surface area (Å²) in [5.41, 5.74) is 4.48. The van der Waals surface area contributed by atoms with E-state index in [9.17, 15) is 4.79 Å². The van der Waals surface area contributed by atoms with Crippen LogP contribution < -0.4 is 4.90 Å². The molecule has 1 heterocycles. The zero-order valence-electron chi connectivity index (χ0n) is 12.5. The number of carbonyl (C=O) groups excluding carboxylic acids is 1. The Hall–Kier alpha value is -2.29. The molecule has 0 N–H and O–H groups in total. The van der Waals surface area contributed by atoms with E-state index >= 15 is 0 Å². The first-order valence-corrected chi connectivity index (χ1v) is 7.99. The Labute approximate surface area is 130 Å².